The summed E-state index contributed by atoms with van der Waals surface area (Å²) in [5.41, 5.74) is 0.0738. The van der Waals surface area contributed by atoms with Gasteiger partial charge in [-0.2, -0.15) is 0 Å². The molecular formula is C13H20N4O2. The van der Waals surface area contributed by atoms with Crippen molar-refractivity contribution in [2.75, 3.05) is 23.7 Å². The third kappa shape index (κ3) is 3.81. The van der Waals surface area contributed by atoms with Gasteiger partial charge in [0, 0.05) is 13.1 Å². The van der Waals surface area contributed by atoms with E-state index in [2.05, 4.69) is 15.6 Å². The van der Waals surface area contributed by atoms with Gasteiger partial charge < -0.3 is 10.6 Å². The quantitative estimate of drug-likeness (QED) is 0.584. The van der Waals surface area contributed by atoms with Gasteiger partial charge in [-0.1, -0.05) is 13.3 Å². The lowest BCUT2D eigenvalue weighted by Gasteiger charge is -2.25. The van der Waals surface area contributed by atoms with Crippen LogP contribution in [0.25, 0.3) is 0 Å². The largest absolute Gasteiger partial charge is 0.370 e. The Morgan fingerprint density at radius 3 is 2.58 bits per heavy atom. The zero-order valence-electron chi connectivity index (χ0n) is 11.2. The molecule has 1 heterocycles. The maximum Gasteiger partial charge on any atom is 0.276 e. The minimum absolute atomic E-state index is 0.0738. The monoisotopic (exact) mass is 264 g/mol. The van der Waals surface area contributed by atoms with Crippen LogP contribution in [0.1, 0.15) is 32.6 Å². The Balaban J connectivity index is 2.05. The standard InChI is InChI=1S/C13H20N4O2/c1-2-6-14-12-7-11(17(18)19)8-13(16-12)15-9-10-4-3-5-10/h7-8,10H,2-6,9H2,1H3,(H2,14,15,16). The maximum absolute atomic E-state index is 10.9. The Labute approximate surface area is 112 Å². The zero-order valence-corrected chi connectivity index (χ0v) is 11.2. The molecular weight excluding hydrogens is 244 g/mol. The predicted molar refractivity (Wildman–Crippen MR) is 75.5 cm³/mol. The van der Waals surface area contributed by atoms with Crippen LogP contribution >= 0.6 is 0 Å². The van der Waals surface area contributed by atoms with Gasteiger partial charge in [0.25, 0.3) is 5.69 Å². The normalized spacial score (nSPS) is 14.8. The number of pyridine rings is 1. The van der Waals surface area contributed by atoms with E-state index in [1.165, 1.54) is 31.4 Å². The SMILES string of the molecule is CCCNc1cc([N+](=O)[O-])cc(NCC2CCC2)n1. The summed E-state index contributed by atoms with van der Waals surface area (Å²) in [4.78, 5) is 14.9. The molecule has 0 aliphatic heterocycles. The number of nitrogens with zero attached hydrogens (tertiary/aromatic N) is 2. The van der Waals surface area contributed by atoms with Crippen molar-refractivity contribution in [3.8, 4) is 0 Å². The molecule has 104 valence electrons. The zero-order chi connectivity index (χ0) is 13.7. The Morgan fingerprint density at radius 1 is 1.37 bits per heavy atom. The summed E-state index contributed by atoms with van der Waals surface area (Å²) in [6, 6.07) is 2.97. The topological polar surface area (TPSA) is 80.1 Å². The second-order valence-corrected chi connectivity index (χ2v) is 4.96. The molecule has 0 amide bonds. The highest BCUT2D eigenvalue weighted by Crippen LogP contribution is 2.27. The minimum Gasteiger partial charge on any atom is -0.370 e. The summed E-state index contributed by atoms with van der Waals surface area (Å²) in [6.07, 6.45) is 4.72. The molecule has 0 spiro atoms. The van der Waals surface area contributed by atoms with E-state index in [1.807, 2.05) is 6.92 Å². The summed E-state index contributed by atoms with van der Waals surface area (Å²) in [5.74, 6) is 1.83. The molecule has 1 aromatic rings. The number of aromatic nitrogens is 1. The molecule has 19 heavy (non-hydrogen) atoms. The molecule has 2 N–H and O–H groups in total. The van der Waals surface area contributed by atoms with Gasteiger partial charge in [-0.05, 0) is 25.2 Å². The van der Waals surface area contributed by atoms with Gasteiger partial charge >= 0.3 is 0 Å². The van der Waals surface area contributed by atoms with E-state index in [9.17, 15) is 10.1 Å². The summed E-state index contributed by atoms with van der Waals surface area (Å²) in [6.45, 7) is 3.65. The van der Waals surface area contributed by atoms with E-state index in [-0.39, 0.29) is 10.6 Å². The van der Waals surface area contributed by atoms with E-state index < -0.39 is 0 Å². The van der Waals surface area contributed by atoms with Crippen molar-refractivity contribution in [1.82, 2.24) is 4.98 Å². The molecule has 0 saturated heterocycles. The molecule has 6 nitrogen and oxygen atoms in total. The third-order valence-electron chi connectivity index (χ3n) is 3.37. The van der Waals surface area contributed by atoms with Crippen LogP contribution in [0, 0.1) is 16.0 Å². The molecule has 0 radical (unpaired) electrons. The van der Waals surface area contributed by atoms with Crippen LogP contribution in [0.15, 0.2) is 12.1 Å². The van der Waals surface area contributed by atoms with Crippen molar-refractivity contribution in [3.05, 3.63) is 22.2 Å². The van der Waals surface area contributed by atoms with Crippen LogP contribution in [0.3, 0.4) is 0 Å². The summed E-state index contributed by atoms with van der Waals surface area (Å²) >= 11 is 0. The van der Waals surface area contributed by atoms with Crippen LogP contribution in [0.5, 0.6) is 0 Å². The maximum atomic E-state index is 10.9. The highest BCUT2D eigenvalue weighted by molar-refractivity contribution is 5.54. The number of nitro groups is 1. The first-order valence-corrected chi connectivity index (χ1v) is 6.83. The molecule has 1 fully saturated rings. The van der Waals surface area contributed by atoms with Crippen molar-refractivity contribution in [2.45, 2.75) is 32.6 Å². The lowest BCUT2D eigenvalue weighted by molar-refractivity contribution is -0.384. The Hall–Kier alpha value is -1.85. The van der Waals surface area contributed by atoms with Gasteiger partial charge in [0.1, 0.15) is 11.6 Å². The van der Waals surface area contributed by atoms with Gasteiger partial charge in [0.15, 0.2) is 0 Å². The molecule has 0 atom stereocenters. The van der Waals surface area contributed by atoms with Crippen molar-refractivity contribution in [1.29, 1.82) is 0 Å². The molecule has 1 aliphatic carbocycles. The molecule has 0 bridgehead atoms. The van der Waals surface area contributed by atoms with Crippen LogP contribution in [0.4, 0.5) is 17.3 Å². The van der Waals surface area contributed by atoms with E-state index >= 15 is 0 Å². The molecule has 1 aromatic heterocycles. The Kier molecular flexibility index (Phi) is 4.54. The lowest BCUT2D eigenvalue weighted by Crippen LogP contribution is -2.21. The molecule has 0 aromatic carbocycles. The average Bonchev–Trinajstić information content (AvgIpc) is 2.34. The van der Waals surface area contributed by atoms with E-state index in [0.717, 1.165) is 19.5 Å². The average molecular weight is 264 g/mol. The van der Waals surface area contributed by atoms with Crippen molar-refractivity contribution in [3.63, 3.8) is 0 Å². The van der Waals surface area contributed by atoms with Crippen molar-refractivity contribution < 1.29 is 4.92 Å². The number of hydrogen-bond acceptors (Lipinski definition) is 5. The van der Waals surface area contributed by atoms with Crippen molar-refractivity contribution >= 4 is 17.3 Å². The number of hydrogen-bond donors (Lipinski definition) is 2. The fraction of sp³-hybridized carbons (Fsp3) is 0.615. The van der Waals surface area contributed by atoms with Crippen molar-refractivity contribution in [2.24, 2.45) is 5.92 Å². The van der Waals surface area contributed by atoms with Crippen LogP contribution < -0.4 is 10.6 Å². The lowest BCUT2D eigenvalue weighted by atomic mass is 9.85. The summed E-state index contributed by atoms with van der Waals surface area (Å²) in [7, 11) is 0. The van der Waals surface area contributed by atoms with Gasteiger partial charge in [-0.3, -0.25) is 10.1 Å². The first-order valence-electron chi connectivity index (χ1n) is 6.83. The molecule has 1 saturated carbocycles. The van der Waals surface area contributed by atoms with Gasteiger partial charge in [-0.15, -0.1) is 0 Å². The van der Waals surface area contributed by atoms with Gasteiger partial charge in [0.2, 0.25) is 0 Å². The molecule has 2 rings (SSSR count). The van der Waals surface area contributed by atoms with Gasteiger partial charge in [0.05, 0.1) is 17.1 Å². The second kappa shape index (κ2) is 6.36. The highest BCUT2D eigenvalue weighted by Gasteiger charge is 2.18. The van der Waals surface area contributed by atoms with Crippen LogP contribution in [0.2, 0.25) is 0 Å². The second-order valence-electron chi connectivity index (χ2n) is 4.96. The van der Waals surface area contributed by atoms with Gasteiger partial charge in [-0.25, -0.2) is 4.98 Å². The Morgan fingerprint density at radius 2 is 2.05 bits per heavy atom. The first kappa shape index (κ1) is 13.6. The highest BCUT2D eigenvalue weighted by atomic mass is 16.6. The van der Waals surface area contributed by atoms with E-state index in [0.29, 0.717) is 17.6 Å². The molecule has 6 heteroatoms. The summed E-state index contributed by atoms with van der Waals surface area (Å²) < 4.78 is 0. The molecule has 0 unspecified atom stereocenters. The summed E-state index contributed by atoms with van der Waals surface area (Å²) in [5, 5.41) is 17.2. The Bertz CT molecular complexity index is 446. The number of anilines is 2. The third-order valence-corrected chi connectivity index (χ3v) is 3.37. The fourth-order valence-electron chi connectivity index (χ4n) is 2.00. The van der Waals surface area contributed by atoms with E-state index in [4.69, 9.17) is 0 Å². The molecule has 1 aliphatic rings. The number of nitrogens with one attached hydrogen (secondary N) is 2. The fourth-order valence-corrected chi connectivity index (χ4v) is 2.00. The minimum atomic E-state index is -0.382. The smallest absolute Gasteiger partial charge is 0.276 e. The first-order chi connectivity index (χ1) is 9.19. The van der Waals surface area contributed by atoms with E-state index in [1.54, 1.807) is 0 Å². The predicted octanol–water partition coefficient (Wildman–Crippen LogP) is 3.02. The van der Waals surface area contributed by atoms with Crippen LogP contribution in [-0.2, 0) is 0 Å². The van der Waals surface area contributed by atoms with Crippen LogP contribution in [-0.4, -0.2) is 23.0 Å². The number of rotatable bonds is 7.